The van der Waals surface area contributed by atoms with Crippen molar-refractivity contribution in [2.75, 3.05) is 5.43 Å². The maximum absolute atomic E-state index is 5.00. The molecule has 0 saturated carbocycles. The van der Waals surface area contributed by atoms with Crippen LogP contribution in [0.15, 0.2) is 6.20 Å². The van der Waals surface area contributed by atoms with Crippen molar-refractivity contribution in [3.63, 3.8) is 0 Å². The van der Waals surface area contributed by atoms with Crippen LogP contribution in [0.3, 0.4) is 0 Å². The molecule has 44 valence electrons. The lowest BCUT2D eigenvalue weighted by molar-refractivity contribution is 0.655. The molecule has 0 aliphatic rings. The van der Waals surface area contributed by atoms with Gasteiger partial charge in [0.25, 0.3) is 0 Å². The van der Waals surface area contributed by atoms with Crippen LogP contribution < -0.4 is 11.3 Å². The molecule has 3 N–H and O–H groups in total. The van der Waals surface area contributed by atoms with Crippen molar-refractivity contribution in [2.24, 2.45) is 12.9 Å². The second kappa shape index (κ2) is 1.79. The fourth-order valence-electron chi connectivity index (χ4n) is 0.412. The molecular weight excluding hydrogens is 106 g/mol. The van der Waals surface area contributed by atoms with Crippen molar-refractivity contribution < 1.29 is 0 Å². The Hall–Kier alpha value is -1.10. The Kier molecular flexibility index (Phi) is 1.13. The predicted octanol–water partition coefficient (Wildman–Crippen LogP) is -0.899. The fourth-order valence-corrected chi connectivity index (χ4v) is 0.412. The maximum Gasteiger partial charge on any atom is 0.182 e. The average Bonchev–Trinajstić information content (AvgIpc) is 2.14. The largest absolute Gasteiger partial charge is 0.306 e. The van der Waals surface area contributed by atoms with Crippen LogP contribution >= 0.6 is 0 Å². The van der Waals surface area contributed by atoms with Crippen molar-refractivity contribution in [1.29, 1.82) is 0 Å². The minimum Gasteiger partial charge on any atom is -0.306 e. The van der Waals surface area contributed by atoms with Crippen LogP contribution in [0.2, 0.25) is 0 Å². The Balaban J connectivity index is 2.84. The highest BCUT2D eigenvalue weighted by Crippen LogP contribution is 1.91. The summed E-state index contributed by atoms with van der Waals surface area (Å²) in [4.78, 5) is 1.43. The van der Waals surface area contributed by atoms with Crippen LogP contribution in [0.4, 0.5) is 5.82 Å². The summed E-state index contributed by atoms with van der Waals surface area (Å²) in [5.74, 6) is 5.57. The molecule has 0 radical (unpaired) electrons. The second-order valence-corrected chi connectivity index (χ2v) is 1.36. The zero-order chi connectivity index (χ0) is 5.98. The molecule has 0 fully saturated rings. The molecule has 1 aromatic heterocycles. The van der Waals surface area contributed by atoms with E-state index >= 15 is 0 Å². The van der Waals surface area contributed by atoms with Crippen LogP contribution in [0, 0.1) is 0 Å². The molecule has 1 rings (SSSR count). The lowest BCUT2D eigenvalue weighted by atomic mass is 10.8. The topological polar surface area (TPSA) is 68.8 Å². The van der Waals surface area contributed by atoms with Gasteiger partial charge in [0.2, 0.25) is 0 Å². The van der Waals surface area contributed by atoms with Gasteiger partial charge in [-0.1, -0.05) is 0 Å². The number of nitrogens with two attached hydrogens (primary N) is 1. The lowest BCUT2D eigenvalue weighted by Crippen LogP contribution is -2.07. The van der Waals surface area contributed by atoms with Gasteiger partial charge in [-0.15, -0.1) is 5.10 Å². The van der Waals surface area contributed by atoms with Gasteiger partial charge in [-0.3, -0.25) is 0 Å². The van der Waals surface area contributed by atoms with Gasteiger partial charge in [0.15, 0.2) is 5.82 Å². The van der Waals surface area contributed by atoms with Crippen molar-refractivity contribution >= 4 is 5.82 Å². The summed E-state index contributed by atoms with van der Waals surface area (Å²) in [6, 6.07) is 0. The summed E-state index contributed by atoms with van der Waals surface area (Å²) in [6.07, 6.45) is 1.54. The zero-order valence-electron chi connectivity index (χ0n) is 4.50. The molecule has 5 heteroatoms. The summed E-state index contributed by atoms with van der Waals surface area (Å²) in [5.41, 5.74) is 2.35. The molecular formula is C3H7N5. The Morgan fingerprint density at radius 3 is 2.88 bits per heavy atom. The molecule has 0 aromatic carbocycles. The molecule has 0 atom stereocenters. The van der Waals surface area contributed by atoms with E-state index in [4.69, 9.17) is 5.84 Å². The number of anilines is 1. The van der Waals surface area contributed by atoms with Crippen LogP contribution in [0.1, 0.15) is 0 Å². The number of hydrogen-bond acceptors (Lipinski definition) is 4. The molecule has 0 bridgehead atoms. The first-order valence-corrected chi connectivity index (χ1v) is 2.16. The fraction of sp³-hybridized carbons (Fsp3) is 0.333. The third kappa shape index (κ3) is 0.760. The van der Waals surface area contributed by atoms with Crippen molar-refractivity contribution in [3.05, 3.63) is 6.20 Å². The van der Waals surface area contributed by atoms with Gasteiger partial charge in [-0.2, -0.15) is 9.90 Å². The van der Waals surface area contributed by atoms with E-state index in [0.29, 0.717) is 5.82 Å². The molecule has 0 saturated heterocycles. The third-order valence-electron chi connectivity index (χ3n) is 0.747. The Morgan fingerprint density at radius 2 is 2.62 bits per heavy atom. The number of nitrogens with one attached hydrogen (secondary N) is 1. The summed E-state index contributed by atoms with van der Waals surface area (Å²) < 4.78 is 0. The van der Waals surface area contributed by atoms with Crippen molar-refractivity contribution in [3.8, 4) is 0 Å². The van der Waals surface area contributed by atoms with Gasteiger partial charge in [0.1, 0.15) is 0 Å². The standard InChI is InChI=1S/C3H7N5/c1-8-5-2-3(6-4)7-8/h2H,4H2,1H3,(H,6,7). The molecule has 1 heterocycles. The molecule has 5 nitrogen and oxygen atoms in total. The SMILES string of the molecule is Cn1ncc(NN)n1. The monoisotopic (exact) mass is 113 g/mol. The third-order valence-corrected chi connectivity index (χ3v) is 0.747. The number of aryl methyl sites for hydroxylation is 1. The Bertz CT molecular complexity index is 168. The molecule has 0 aliphatic carbocycles. The molecule has 0 amide bonds. The highest BCUT2D eigenvalue weighted by molar-refractivity contribution is 5.25. The first kappa shape index (κ1) is 5.04. The molecule has 0 unspecified atom stereocenters. The lowest BCUT2D eigenvalue weighted by Gasteiger charge is -1.85. The Labute approximate surface area is 46.5 Å². The number of aromatic nitrogens is 3. The van der Waals surface area contributed by atoms with E-state index in [1.54, 1.807) is 13.2 Å². The van der Waals surface area contributed by atoms with Gasteiger partial charge in [-0.05, 0) is 0 Å². The van der Waals surface area contributed by atoms with E-state index in [2.05, 4.69) is 15.6 Å². The number of nitrogen functional groups attached to an aromatic ring is 1. The number of rotatable bonds is 1. The van der Waals surface area contributed by atoms with Gasteiger partial charge in [0, 0.05) is 7.05 Å². The minimum atomic E-state index is 0.576. The summed E-state index contributed by atoms with van der Waals surface area (Å²) in [7, 11) is 1.72. The summed E-state index contributed by atoms with van der Waals surface area (Å²) in [6.45, 7) is 0. The van der Waals surface area contributed by atoms with E-state index in [-0.39, 0.29) is 0 Å². The van der Waals surface area contributed by atoms with Crippen molar-refractivity contribution in [1.82, 2.24) is 15.0 Å². The predicted molar refractivity (Wildman–Crippen MR) is 28.8 cm³/mol. The first-order chi connectivity index (χ1) is 3.83. The highest BCUT2D eigenvalue weighted by atomic mass is 15.5. The van der Waals surface area contributed by atoms with Gasteiger partial charge in [-0.25, -0.2) is 5.84 Å². The molecule has 1 aromatic rings. The zero-order valence-corrected chi connectivity index (χ0v) is 4.50. The van der Waals surface area contributed by atoms with E-state index in [0.717, 1.165) is 0 Å². The van der Waals surface area contributed by atoms with Crippen LogP contribution in [0.5, 0.6) is 0 Å². The maximum atomic E-state index is 5.00. The van der Waals surface area contributed by atoms with Crippen molar-refractivity contribution in [2.45, 2.75) is 0 Å². The number of hydrogen-bond donors (Lipinski definition) is 2. The number of hydrazine groups is 1. The van der Waals surface area contributed by atoms with E-state index in [9.17, 15) is 0 Å². The smallest absolute Gasteiger partial charge is 0.182 e. The number of nitrogens with zero attached hydrogens (tertiary/aromatic N) is 3. The highest BCUT2D eigenvalue weighted by Gasteiger charge is 1.89. The van der Waals surface area contributed by atoms with E-state index in [1.807, 2.05) is 0 Å². The van der Waals surface area contributed by atoms with E-state index in [1.165, 1.54) is 4.80 Å². The summed E-state index contributed by atoms with van der Waals surface area (Å²) in [5, 5.41) is 7.55. The summed E-state index contributed by atoms with van der Waals surface area (Å²) >= 11 is 0. The normalized spacial score (nSPS) is 9.25. The molecule has 8 heavy (non-hydrogen) atoms. The van der Waals surface area contributed by atoms with Crippen LogP contribution in [0.25, 0.3) is 0 Å². The average molecular weight is 113 g/mol. The first-order valence-electron chi connectivity index (χ1n) is 2.16. The van der Waals surface area contributed by atoms with Crippen LogP contribution in [-0.2, 0) is 7.05 Å². The van der Waals surface area contributed by atoms with Gasteiger partial charge < -0.3 is 5.43 Å². The van der Waals surface area contributed by atoms with Crippen LogP contribution in [-0.4, -0.2) is 15.0 Å². The quantitative estimate of drug-likeness (QED) is 0.366. The van der Waals surface area contributed by atoms with Gasteiger partial charge in [0.05, 0.1) is 6.20 Å². The van der Waals surface area contributed by atoms with Gasteiger partial charge >= 0.3 is 0 Å². The minimum absolute atomic E-state index is 0.576. The Morgan fingerprint density at radius 1 is 1.88 bits per heavy atom. The van der Waals surface area contributed by atoms with E-state index < -0.39 is 0 Å². The molecule has 0 spiro atoms. The second-order valence-electron chi connectivity index (χ2n) is 1.36. The molecule has 0 aliphatic heterocycles.